The molecule has 15 heavy (non-hydrogen) atoms. The van der Waals surface area contributed by atoms with E-state index < -0.39 is 0 Å². The van der Waals surface area contributed by atoms with Crippen LogP contribution in [0.3, 0.4) is 0 Å². The van der Waals surface area contributed by atoms with Crippen LogP contribution in [-0.2, 0) is 0 Å². The van der Waals surface area contributed by atoms with Crippen molar-refractivity contribution in [3.63, 3.8) is 0 Å². The molecular formula is C13H13NO. The van der Waals surface area contributed by atoms with Gasteiger partial charge in [-0.2, -0.15) is 0 Å². The van der Waals surface area contributed by atoms with Crippen molar-refractivity contribution in [2.45, 2.75) is 6.42 Å². The maximum Gasteiger partial charge on any atom is 0.129 e. The average molecular weight is 199 g/mol. The van der Waals surface area contributed by atoms with Crippen LogP contribution in [-0.4, -0.2) is 0 Å². The SMILES string of the molecule is Nc1cccc(OC2=CC=CCC=C2)c1. The Labute approximate surface area is 89.4 Å². The van der Waals surface area contributed by atoms with Crippen LogP contribution in [0.2, 0.25) is 0 Å². The lowest BCUT2D eigenvalue weighted by Gasteiger charge is -2.05. The molecule has 0 atom stereocenters. The Balaban J connectivity index is 2.14. The minimum atomic E-state index is 0.709. The summed E-state index contributed by atoms with van der Waals surface area (Å²) in [5.41, 5.74) is 6.37. The zero-order valence-electron chi connectivity index (χ0n) is 8.39. The number of benzene rings is 1. The molecule has 0 aromatic heterocycles. The monoisotopic (exact) mass is 199 g/mol. The van der Waals surface area contributed by atoms with E-state index >= 15 is 0 Å². The van der Waals surface area contributed by atoms with Crippen molar-refractivity contribution in [3.8, 4) is 5.75 Å². The van der Waals surface area contributed by atoms with Crippen molar-refractivity contribution in [1.82, 2.24) is 0 Å². The first kappa shape index (κ1) is 9.59. The van der Waals surface area contributed by atoms with E-state index in [1.807, 2.05) is 42.5 Å². The molecule has 0 fully saturated rings. The first-order valence-corrected chi connectivity index (χ1v) is 4.91. The smallest absolute Gasteiger partial charge is 0.129 e. The second-order valence-corrected chi connectivity index (χ2v) is 3.31. The van der Waals surface area contributed by atoms with E-state index in [4.69, 9.17) is 10.5 Å². The number of ether oxygens (including phenoxy) is 1. The third-order valence-electron chi connectivity index (χ3n) is 2.04. The fraction of sp³-hybridized carbons (Fsp3) is 0.0769. The fourth-order valence-corrected chi connectivity index (χ4v) is 1.34. The molecule has 0 heterocycles. The third-order valence-corrected chi connectivity index (χ3v) is 2.04. The minimum absolute atomic E-state index is 0.709. The fourth-order valence-electron chi connectivity index (χ4n) is 1.34. The summed E-state index contributed by atoms with van der Waals surface area (Å²) in [5, 5.41) is 0. The number of anilines is 1. The largest absolute Gasteiger partial charge is 0.457 e. The molecule has 1 aromatic rings. The van der Waals surface area contributed by atoms with Gasteiger partial charge < -0.3 is 10.5 Å². The molecule has 2 rings (SSSR count). The van der Waals surface area contributed by atoms with Crippen molar-refractivity contribution in [1.29, 1.82) is 0 Å². The van der Waals surface area contributed by atoms with Crippen LogP contribution in [0.5, 0.6) is 5.75 Å². The Morgan fingerprint density at radius 2 is 2.13 bits per heavy atom. The van der Waals surface area contributed by atoms with Gasteiger partial charge in [-0.3, -0.25) is 0 Å². The summed E-state index contributed by atoms with van der Waals surface area (Å²) in [7, 11) is 0. The van der Waals surface area contributed by atoms with E-state index in [-0.39, 0.29) is 0 Å². The van der Waals surface area contributed by atoms with Crippen LogP contribution >= 0.6 is 0 Å². The Morgan fingerprint density at radius 1 is 1.20 bits per heavy atom. The summed E-state index contributed by atoms with van der Waals surface area (Å²) in [5.74, 6) is 1.59. The molecule has 0 radical (unpaired) electrons. The third kappa shape index (κ3) is 2.74. The summed E-state index contributed by atoms with van der Waals surface area (Å²) in [6, 6.07) is 7.41. The number of rotatable bonds is 2. The van der Waals surface area contributed by atoms with Gasteiger partial charge >= 0.3 is 0 Å². The Hall–Kier alpha value is -1.96. The number of nitrogen functional groups attached to an aromatic ring is 1. The Kier molecular flexibility index (Phi) is 2.88. The maximum absolute atomic E-state index is 5.66. The summed E-state index contributed by atoms with van der Waals surface area (Å²) in [6.45, 7) is 0. The second-order valence-electron chi connectivity index (χ2n) is 3.31. The second kappa shape index (κ2) is 4.51. The number of hydrogen-bond donors (Lipinski definition) is 1. The van der Waals surface area contributed by atoms with E-state index in [1.165, 1.54) is 0 Å². The molecule has 1 aliphatic rings. The van der Waals surface area contributed by atoms with Gasteiger partial charge in [0.2, 0.25) is 0 Å². The Bertz CT molecular complexity index is 430. The zero-order valence-corrected chi connectivity index (χ0v) is 8.39. The van der Waals surface area contributed by atoms with Gasteiger partial charge in [-0.25, -0.2) is 0 Å². The van der Waals surface area contributed by atoms with Gasteiger partial charge in [0.1, 0.15) is 11.5 Å². The summed E-state index contributed by atoms with van der Waals surface area (Å²) in [6.07, 6.45) is 11.0. The summed E-state index contributed by atoms with van der Waals surface area (Å²) < 4.78 is 5.66. The lowest BCUT2D eigenvalue weighted by atomic mass is 10.3. The summed E-state index contributed by atoms with van der Waals surface area (Å²) >= 11 is 0. The number of hydrogen-bond acceptors (Lipinski definition) is 2. The zero-order chi connectivity index (χ0) is 10.5. The first-order valence-electron chi connectivity index (χ1n) is 4.91. The predicted molar refractivity (Wildman–Crippen MR) is 62.5 cm³/mol. The molecular weight excluding hydrogens is 186 g/mol. The van der Waals surface area contributed by atoms with Crippen LogP contribution in [0.4, 0.5) is 5.69 Å². The minimum Gasteiger partial charge on any atom is -0.457 e. The Morgan fingerprint density at radius 3 is 3.00 bits per heavy atom. The summed E-state index contributed by atoms with van der Waals surface area (Å²) in [4.78, 5) is 0. The lowest BCUT2D eigenvalue weighted by Crippen LogP contribution is -1.92. The highest BCUT2D eigenvalue weighted by Crippen LogP contribution is 2.18. The van der Waals surface area contributed by atoms with Crippen molar-refractivity contribution in [2.24, 2.45) is 0 Å². The van der Waals surface area contributed by atoms with Gasteiger partial charge in [-0.1, -0.05) is 24.3 Å². The van der Waals surface area contributed by atoms with Crippen molar-refractivity contribution in [2.75, 3.05) is 5.73 Å². The van der Waals surface area contributed by atoms with Crippen LogP contribution < -0.4 is 10.5 Å². The predicted octanol–water partition coefficient (Wildman–Crippen LogP) is 3.05. The average Bonchev–Trinajstić information content (AvgIpc) is 2.46. The van der Waals surface area contributed by atoms with E-state index in [0.717, 1.165) is 17.9 Å². The van der Waals surface area contributed by atoms with E-state index in [9.17, 15) is 0 Å². The molecule has 0 amide bonds. The van der Waals surface area contributed by atoms with Gasteiger partial charge in [0.25, 0.3) is 0 Å². The standard InChI is InChI=1S/C13H13NO/c14-11-6-5-9-13(10-11)15-12-7-3-1-2-4-8-12/h1,3-10H,2,14H2. The van der Waals surface area contributed by atoms with Gasteiger partial charge in [0.05, 0.1) is 0 Å². The first-order chi connectivity index (χ1) is 7.34. The molecule has 1 aliphatic carbocycles. The molecule has 0 bridgehead atoms. The molecule has 76 valence electrons. The normalized spacial score (nSPS) is 14.5. The van der Waals surface area contributed by atoms with Crippen molar-refractivity contribution >= 4 is 5.69 Å². The molecule has 0 saturated heterocycles. The molecule has 0 spiro atoms. The van der Waals surface area contributed by atoms with Gasteiger partial charge in [-0.05, 0) is 30.7 Å². The van der Waals surface area contributed by atoms with Gasteiger partial charge in [-0.15, -0.1) is 0 Å². The number of nitrogens with two attached hydrogens (primary N) is 1. The highest BCUT2D eigenvalue weighted by atomic mass is 16.5. The topological polar surface area (TPSA) is 35.2 Å². The van der Waals surface area contributed by atoms with Crippen molar-refractivity contribution in [3.05, 3.63) is 60.4 Å². The van der Waals surface area contributed by atoms with Crippen LogP contribution in [0.15, 0.2) is 60.4 Å². The van der Waals surface area contributed by atoms with Crippen LogP contribution in [0.1, 0.15) is 6.42 Å². The van der Waals surface area contributed by atoms with Crippen molar-refractivity contribution < 1.29 is 4.74 Å². The maximum atomic E-state index is 5.66. The van der Waals surface area contributed by atoms with E-state index in [1.54, 1.807) is 0 Å². The molecule has 0 saturated carbocycles. The van der Waals surface area contributed by atoms with Crippen LogP contribution in [0.25, 0.3) is 0 Å². The molecule has 2 nitrogen and oxygen atoms in total. The van der Waals surface area contributed by atoms with Crippen LogP contribution in [0, 0.1) is 0 Å². The molecule has 2 heteroatoms. The highest BCUT2D eigenvalue weighted by Gasteiger charge is 1.97. The molecule has 2 N–H and O–H groups in total. The number of allylic oxidation sites excluding steroid dienone is 5. The quantitative estimate of drug-likeness (QED) is 0.743. The van der Waals surface area contributed by atoms with E-state index in [2.05, 4.69) is 12.2 Å². The molecule has 0 aliphatic heterocycles. The highest BCUT2D eigenvalue weighted by molar-refractivity contribution is 5.44. The van der Waals surface area contributed by atoms with Gasteiger partial charge in [0.15, 0.2) is 0 Å². The molecule has 1 aromatic carbocycles. The van der Waals surface area contributed by atoms with Gasteiger partial charge in [0, 0.05) is 11.8 Å². The molecule has 0 unspecified atom stereocenters. The lowest BCUT2D eigenvalue weighted by molar-refractivity contribution is 0.445. The van der Waals surface area contributed by atoms with E-state index in [0.29, 0.717) is 5.69 Å².